The summed E-state index contributed by atoms with van der Waals surface area (Å²) < 4.78 is 0. The van der Waals surface area contributed by atoms with Crippen molar-refractivity contribution < 1.29 is 19.8 Å². The first-order chi connectivity index (χ1) is 13.0. The Labute approximate surface area is 165 Å². The molecule has 1 aliphatic rings. The van der Waals surface area contributed by atoms with Crippen LogP contribution in [0.25, 0.3) is 0 Å². The number of likely N-dealkylation sites (tertiary alicyclic amines) is 1. The highest BCUT2D eigenvalue weighted by Crippen LogP contribution is 2.22. The standard InChI is InChI=1S/C21H28ClNO4/c22-19-8-5-4-7-16(19)15-18(24)12-10-17-11-13-20(25)23(17)14-6-2-1-3-9-21(26)27/h4-5,7-8,10,12,17-18,24H,1-3,6,9,11,13-15H2,(H,26,27)/t17-,18+/m1/s1. The van der Waals surface area contributed by atoms with Crippen LogP contribution in [0.1, 0.15) is 50.5 Å². The maximum atomic E-state index is 12.1. The van der Waals surface area contributed by atoms with E-state index in [9.17, 15) is 14.7 Å². The number of aliphatic hydroxyl groups is 1. The molecule has 2 rings (SSSR count). The molecule has 1 aromatic rings. The molecule has 148 valence electrons. The van der Waals surface area contributed by atoms with Crippen molar-refractivity contribution in [1.29, 1.82) is 0 Å². The third kappa shape index (κ3) is 7.35. The molecule has 0 unspecified atom stereocenters. The summed E-state index contributed by atoms with van der Waals surface area (Å²) in [5.41, 5.74) is 0.900. The van der Waals surface area contributed by atoms with Crippen LogP contribution in [0.15, 0.2) is 36.4 Å². The fourth-order valence-electron chi connectivity index (χ4n) is 3.37. The molecule has 0 bridgehead atoms. The van der Waals surface area contributed by atoms with Gasteiger partial charge in [0.15, 0.2) is 0 Å². The molecule has 1 aliphatic heterocycles. The fraction of sp³-hybridized carbons (Fsp3) is 0.524. The fourth-order valence-corrected chi connectivity index (χ4v) is 3.59. The Kier molecular flexibility index (Phi) is 8.82. The van der Waals surface area contributed by atoms with Gasteiger partial charge in [-0.2, -0.15) is 0 Å². The average molecular weight is 394 g/mol. The normalized spacial score (nSPS) is 18.4. The van der Waals surface area contributed by atoms with Crippen molar-refractivity contribution in [1.82, 2.24) is 4.90 Å². The van der Waals surface area contributed by atoms with Crippen molar-refractivity contribution in [2.75, 3.05) is 6.54 Å². The molecule has 0 aliphatic carbocycles. The smallest absolute Gasteiger partial charge is 0.303 e. The van der Waals surface area contributed by atoms with Gasteiger partial charge in [0.1, 0.15) is 0 Å². The van der Waals surface area contributed by atoms with E-state index in [4.69, 9.17) is 16.7 Å². The molecule has 1 fully saturated rings. The first-order valence-corrected chi connectivity index (χ1v) is 9.96. The Morgan fingerprint density at radius 1 is 1.26 bits per heavy atom. The summed E-state index contributed by atoms with van der Waals surface area (Å²) in [5, 5.41) is 19.5. The molecule has 6 heteroatoms. The number of rotatable bonds is 11. The van der Waals surface area contributed by atoms with Gasteiger partial charge < -0.3 is 15.1 Å². The highest BCUT2D eigenvalue weighted by atomic mass is 35.5. The SMILES string of the molecule is O=C(O)CCCCCCN1C(=O)CC[C@H]1C=C[C@H](O)Cc1ccccc1Cl. The summed E-state index contributed by atoms with van der Waals surface area (Å²) in [6.45, 7) is 0.682. The third-order valence-electron chi connectivity index (χ3n) is 4.86. The van der Waals surface area contributed by atoms with Gasteiger partial charge in [0.25, 0.3) is 0 Å². The second-order valence-corrected chi connectivity index (χ2v) is 7.41. The number of hydrogen-bond acceptors (Lipinski definition) is 3. The third-order valence-corrected chi connectivity index (χ3v) is 5.23. The molecule has 2 N–H and O–H groups in total. The Balaban J connectivity index is 1.78. The van der Waals surface area contributed by atoms with E-state index in [0.717, 1.165) is 31.2 Å². The topological polar surface area (TPSA) is 77.8 Å². The molecule has 0 saturated carbocycles. The summed E-state index contributed by atoms with van der Waals surface area (Å²) in [6.07, 6.45) is 8.34. The lowest BCUT2D eigenvalue weighted by Gasteiger charge is -2.22. The molecule has 27 heavy (non-hydrogen) atoms. The number of unbranched alkanes of at least 4 members (excludes halogenated alkanes) is 3. The van der Waals surface area contributed by atoms with Crippen LogP contribution in [0.2, 0.25) is 5.02 Å². The lowest BCUT2D eigenvalue weighted by molar-refractivity contribution is -0.137. The van der Waals surface area contributed by atoms with Gasteiger partial charge in [-0.3, -0.25) is 9.59 Å². The molecule has 0 spiro atoms. The predicted octanol–water partition coefficient (Wildman–Crippen LogP) is 3.83. The van der Waals surface area contributed by atoms with Crippen LogP contribution >= 0.6 is 11.6 Å². The van der Waals surface area contributed by atoms with Crippen molar-refractivity contribution >= 4 is 23.5 Å². The molecule has 0 radical (unpaired) electrons. The van der Waals surface area contributed by atoms with Gasteiger partial charge in [-0.1, -0.05) is 54.8 Å². The van der Waals surface area contributed by atoms with Crippen LogP contribution in [-0.4, -0.2) is 45.7 Å². The second-order valence-electron chi connectivity index (χ2n) is 7.00. The minimum atomic E-state index is -0.759. The largest absolute Gasteiger partial charge is 0.481 e. The van der Waals surface area contributed by atoms with Crippen molar-refractivity contribution in [2.45, 2.75) is 63.5 Å². The number of carboxylic acids is 1. The first kappa shape index (κ1) is 21.5. The first-order valence-electron chi connectivity index (χ1n) is 9.58. The Hall–Kier alpha value is -1.85. The predicted molar refractivity (Wildman–Crippen MR) is 106 cm³/mol. The molecular weight excluding hydrogens is 366 g/mol. The van der Waals surface area contributed by atoms with E-state index in [1.54, 1.807) is 12.1 Å². The number of benzene rings is 1. The van der Waals surface area contributed by atoms with E-state index in [1.165, 1.54) is 0 Å². The average Bonchev–Trinajstić information content (AvgIpc) is 2.98. The number of hydrogen-bond donors (Lipinski definition) is 2. The van der Waals surface area contributed by atoms with Gasteiger partial charge in [0.05, 0.1) is 12.1 Å². The number of aliphatic hydroxyl groups excluding tert-OH is 1. The van der Waals surface area contributed by atoms with Crippen LogP contribution < -0.4 is 0 Å². The van der Waals surface area contributed by atoms with Crippen molar-refractivity contribution in [2.24, 2.45) is 0 Å². The van der Waals surface area contributed by atoms with E-state index < -0.39 is 12.1 Å². The maximum Gasteiger partial charge on any atom is 0.303 e. The van der Waals surface area contributed by atoms with E-state index in [-0.39, 0.29) is 18.4 Å². The van der Waals surface area contributed by atoms with E-state index in [0.29, 0.717) is 30.8 Å². The van der Waals surface area contributed by atoms with Crippen molar-refractivity contribution in [3.8, 4) is 0 Å². The highest BCUT2D eigenvalue weighted by Gasteiger charge is 2.28. The Morgan fingerprint density at radius 3 is 2.74 bits per heavy atom. The minimum absolute atomic E-state index is 0.0254. The number of carboxylic acid groups (broad SMARTS) is 1. The summed E-state index contributed by atoms with van der Waals surface area (Å²) in [7, 11) is 0. The second kappa shape index (κ2) is 11.1. The zero-order chi connectivity index (χ0) is 19.6. The van der Waals surface area contributed by atoms with Crippen molar-refractivity contribution in [3.05, 3.63) is 47.0 Å². The Bertz CT molecular complexity index is 661. The zero-order valence-corrected chi connectivity index (χ0v) is 16.3. The van der Waals surface area contributed by atoms with Gasteiger partial charge in [0.2, 0.25) is 5.91 Å². The van der Waals surface area contributed by atoms with E-state index >= 15 is 0 Å². The molecule has 1 saturated heterocycles. The molecule has 1 aromatic carbocycles. The van der Waals surface area contributed by atoms with Gasteiger partial charge in [-0.25, -0.2) is 0 Å². The lowest BCUT2D eigenvalue weighted by atomic mass is 10.1. The number of amides is 1. The number of carbonyl (C=O) groups excluding carboxylic acids is 1. The number of carbonyl (C=O) groups is 2. The van der Waals surface area contributed by atoms with Crippen molar-refractivity contribution in [3.63, 3.8) is 0 Å². The van der Waals surface area contributed by atoms with Crippen LogP contribution in [0.4, 0.5) is 0 Å². The molecule has 2 atom stereocenters. The van der Waals surface area contributed by atoms with Crippen LogP contribution in [0.3, 0.4) is 0 Å². The monoisotopic (exact) mass is 393 g/mol. The lowest BCUT2D eigenvalue weighted by Crippen LogP contribution is -2.32. The van der Waals surface area contributed by atoms with E-state index in [1.807, 2.05) is 29.2 Å². The van der Waals surface area contributed by atoms with Crippen LogP contribution in [0.5, 0.6) is 0 Å². The zero-order valence-electron chi connectivity index (χ0n) is 15.5. The summed E-state index contributed by atoms with van der Waals surface area (Å²) in [4.78, 5) is 24.5. The summed E-state index contributed by atoms with van der Waals surface area (Å²) in [5.74, 6) is -0.610. The maximum absolute atomic E-state index is 12.1. The molecular formula is C21H28ClNO4. The van der Waals surface area contributed by atoms with Gasteiger partial charge in [-0.05, 0) is 30.9 Å². The van der Waals surface area contributed by atoms with Crippen LogP contribution in [0, 0.1) is 0 Å². The van der Waals surface area contributed by atoms with E-state index in [2.05, 4.69) is 0 Å². The molecule has 1 heterocycles. The molecule has 1 amide bonds. The number of aliphatic carboxylic acids is 1. The van der Waals surface area contributed by atoms with Gasteiger partial charge in [0, 0.05) is 30.8 Å². The summed E-state index contributed by atoms with van der Waals surface area (Å²) >= 11 is 6.13. The minimum Gasteiger partial charge on any atom is -0.481 e. The highest BCUT2D eigenvalue weighted by molar-refractivity contribution is 6.31. The van der Waals surface area contributed by atoms with Crippen LogP contribution in [-0.2, 0) is 16.0 Å². The number of halogens is 1. The Morgan fingerprint density at radius 2 is 2.00 bits per heavy atom. The van der Waals surface area contributed by atoms with Gasteiger partial charge in [-0.15, -0.1) is 0 Å². The number of nitrogens with zero attached hydrogens (tertiary/aromatic N) is 1. The van der Waals surface area contributed by atoms with Gasteiger partial charge >= 0.3 is 5.97 Å². The summed E-state index contributed by atoms with van der Waals surface area (Å²) in [6, 6.07) is 7.48. The molecule has 5 nitrogen and oxygen atoms in total. The molecule has 0 aromatic heterocycles. The quantitative estimate of drug-likeness (QED) is 0.442.